The first-order chi connectivity index (χ1) is 13.5. The van der Waals surface area contributed by atoms with E-state index in [1.165, 1.54) is 17.1 Å². The fraction of sp³-hybridized carbons (Fsp3) is 0.450. The van der Waals surface area contributed by atoms with Gasteiger partial charge in [0.05, 0.1) is 10.6 Å². The lowest BCUT2D eigenvalue weighted by Crippen LogP contribution is -2.49. The summed E-state index contributed by atoms with van der Waals surface area (Å²) in [6.45, 7) is 2.64. The first-order valence-corrected chi connectivity index (χ1v) is 10.3. The predicted octanol–water partition coefficient (Wildman–Crippen LogP) is 4.76. The number of guanidine groups is 1. The minimum Gasteiger partial charge on any atom is -0.363 e. The number of piperidine rings is 1. The lowest BCUT2D eigenvalue weighted by atomic mass is 10.1. The van der Waals surface area contributed by atoms with Gasteiger partial charge in [0.2, 0.25) is 0 Å². The summed E-state index contributed by atoms with van der Waals surface area (Å²) in [5.41, 5.74) is 0.246. The highest BCUT2D eigenvalue weighted by molar-refractivity contribution is 14.0. The minimum atomic E-state index is -4.29. The van der Waals surface area contributed by atoms with Crippen LogP contribution in [0.1, 0.15) is 24.0 Å². The van der Waals surface area contributed by atoms with Crippen molar-refractivity contribution < 1.29 is 13.2 Å². The summed E-state index contributed by atoms with van der Waals surface area (Å²) in [4.78, 5) is 6.67. The van der Waals surface area contributed by atoms with Crippen molar-refractivity contribution in [3.63, 3.8) is 0 Å². The number of rotatable bonds is 5. The topological polar surface area (TPSA) is 39.7 Å². The summed E-state index contributed by atoms with van der Waals surface area (Å²) in [6.07, 6.45) is -1.58. The van der Waals surface area contributed by atoms with Crippen LogP contribution in [0.25, 0.3) is 0 Å². The van der Waals surface area contributed by atoms with Gasteiger partial charge >= 0.3 is 6.18 Å². The van der Waals surface area contributed by atoms with E-state index in [2.05, 4.69) is 38.0 Å². The van der Waals surface area contributed by atoms with Gasteiger partial charge in [0, 0.05) is 32.7 Å². The minimum absolute atomic E-state index is 0. The Balaban J connectivity index is 0.00000300. The maximum absolute atomic E-state index is 12.6. The van der Waals surface area contributed by atoms with Gasteiger partial charge in [0.25, 0.3) is 0 Å². The number of thiophene rings is 1. The molecule has 1 aliphatic heterocycles. The summed E-state index contributed by atoms with van der Waals surface area (Å²) in [5.74, 6) is 0.737. The molecule has 2 N–H and O–H groups in total. The molecule has 1 aliphatic rings. The fourth-order valence-corrected chi connectivity index (χ4v) is 4.05. The Bertz CT molecular complexity index is 755. The van der Waals surface area contributed by atoms with Gasteiger partial charge in [-0.15, -0.1) is 35.3 Å². The SMILES string of the molecule is CN=C(NCCc1ccc(C(F)(F)F)cc1)NC1CCN(c2cccs2)CC1.I. The molecule has 29 heavy (non-hydrogen) atoms. The first-order valence-electron chi connectivity index (χ1n) is 9.37. The van der Waals surface area contributed by atoms with E-state index in [1.807, 2.05) is 0 Å². The van der Waals surface area contributed by atoms with E-state index in [1.54, 1.807) is 18.4 Å². The Labute approximate surface area is 190 Å². The fourth-order valence-electron chi connectivity index (χ4n) is 3.27. The lowest BCUT2D eigenvalue weighted by molar-refractivity contribution is -0.137. The Hall–Kier alpha value is -1.49. The zero-order valence-electron chi connectivity index (χ0n) is 16.2. The van der Waals surface area contributed by atoms with Crippen LogP contribution in [-0.2, 0) is 12.6 Å². The molecular weight excluding hydrogens is 512 g/mol. The van der Waals surface area contributed by atoms with E-state index in [4.69, 9.17) is 0 Å². The molecule has 1 saturated heterocycles. The molecular formula is C20H26F3IN4S. The van der Waals surface area contributed by atoms with Gasteiger partial charge in [-0.2, -0.15) is 13.2 Å². The molecule has 2 aromatic rings. The maximum atomic E-state index is 12.6. The quantitative estimate of drug-likeness (QED) is 0.328. The van der Waals surface area contributed by atoms with Crippen LogP contribution in [0.15, 0.2) is 46.8 Å². The van der Waals surface area contributed by atoms with Crippen LogP contribution in [0.2, 0.25) is 0 Å². The molecule has 0 bridgehead atoms. The number of nitrogens with zero attached hydrogens (tertiary/aromatic N) is 2. The van der Waals surface area contributed by atoms with Crippen LogP contribution in [0.5, 0.6) is 0 Å². The van der Waals surface area contributed by atoms with Crippen molar-refractivity contribution in [2.75, 3.05) is 31.6 Å². The molecule has 0 saturated carbocycles. The van der Waals surface area contributed by atoms with Gasteiger partial charge in [-0.1, -0.05) is 12.1 Å². The summed E-state index contributed by atoms with van der Waals surface area (Å²) < 4.78 is 37.8. The van der Waals surface area contributed by atoms with Crippen LogP contribution in [0.3, 0.4) is 0 Å². The molecule has 0 aliphatic carbocycles. The molecule has 0 spiro atoms. The molecule has 160 valence electrons. The maximum Gasteiger partial charge on any atom is 0.416 e. The molecule has 9 heteroatoms. The molecule has 4 nitrogen and oxygen atoms in total. The average molecular weight is 538 g/mol. The van der Waals surface area contributed by atoms with Gasteiger partial charge in [-0.25, -0.2) is 0 Å². The van der Waals surface area contributed by atoms with E-state index in [0.717, 1.165) is 49.6 Å². The third-order valence-corrected chi connectivity index (χ3v) is 5.79. The van der Waals surface area contributed by atoms with Crippen LogP contribution >= 0.6 is 35.3 Å². The van der Waals surface area contributed by atoms with E-state index in [0.29, 0.717) is 19.0 Å². The second kappa shape index (κ2) is 11.1. The second-order valence-electron chi connectivity index (χ2n) is 6.80. The molecule has 0 atom stereocenters. The third-order valence-electron chi connectivity index (χ3n) is 4.86. The number of hydrogen-bond donors (Lipinski definition) is 2. The van der Waals surface area contributed by atoms with Crippen molar-refractivity contribution in [3.8, 4) is 0 Å². The highest BCUT2D eigenvalue weighted by Crippen LogP contribution is 2.29. The van der Waals surface area contributed by atoms with Crippen molar-refractivity contribution in [1.82, 2.24) is 10.6 Å². The standard InChI is InChI=1S/C20H25F3N4S.HI/c1-24-19(25-11-8-15-4-6-16(7-5-15)20(21,22)23)26-17-9-12-27(13-10-17)18-3-2-14-28-18;/h2-7,14,17H,8-13H2,1H3,(H2,24,25,26);1H. The summed E-state index contributed by atoms with van der Waals surface area (Å²) in [5, 5.41) is 10.1. The summed E-state index contributed by atoms with van der Waals surface area (Å²) in [6, 6.07) is 9.91. The molecule has 1 aromatic carbocycles. The van der Waals surface area contributed by atoms with E-state index < -0.39 is 11.7 Å². The Kier molecular flexibility index (Phi) is 9.06. The Morgan fingerprint density at radius 2 is 1.86 bits per heavy atom. The molecule has 0 unspecified atom stereocenters. The Morgan fingerprint density at radius 1 is 1.17 bits per heavy atom. The van der Waals surface area contributed by atoms with Crippen molar-refractivity contribution in [1.29, 1.82) is 0 Å². The van der Waals surface area contributed by atoms with E-state index in [9.17, 15) is 13.2 Å². The van der Waals surface area contributed by atoms with Gasteiger partial charge in [0.1, 0.15) is 0 Å². The van der Waals surface area contributed by atoms with Gasteiger partial charge in [-0.05, 0) is 54.5 Å². The summed E-state index contributed by atoms with van der Waals surface area (Å²) in [7, 11) is 1.73. The van der Waals surface area contributed by atoms with Crippen LogP contribution in [-0.4, -0.2) is 38.7 Å². The number of hydrogen-bond acceptors (Lipinski definition) is 3. The lowest BCUT2D eigenvalue weighted by Gasteiger charge is -2.33. The van der Waals surface area contributed by atoms with Crippen LogP contribution in [0, 0.1) is 0 Å². The van der Waals surface area contributed by atoms with Crippen molar-refractivity contribution in [2.24, 2.45) is 4.99 Å². The van der Waals surface area contributed by atoms with E-state index in [-0.39, 0.29) is 24.0 Å². The molecule has 1 aromatic heterocycles. The third kappa shape index (κ3) is 7.06. The van der Waals surface area contributed by atoms with Gasteiger partial charge in [-0.3, -0.25) is 4.99 Å². The Morgan fingerprint density at radius 3 is 2.41 bits per heavy atom. The molecule has 1 fully saturated rings. The van der Waals surface area contributed by atoms with Crippen LogP contribution < -0.4 is 15.5 Å². The smallest absolute Gasteiger partial charge is 0.363 e. The molecule has 0 amide bonds. The van der Waals surface area contributed by atoms with Gasteiger partial charge in [0.15, 0.2) is 5.96 Å². The molecule has 0 radical (unpaired) electrons. The number of alkyl halides is 3. The van der Waals surface area contributed by atoms with Crippen molar-refractivity contribution >= 4 is 46.3 Å². The highest BCUT2D eigenvalue weighted by atomic mass is 127. The first kappa shape index (κ1) is 23.8. The molecule has 3 rings (SSSR count). The van der Waals surface area contributed by atoms with Crippen molar-refractivity contribution in [3.05, 3.63) is 52.9 Å². The summed E-state index contributed by atoms with van der Waals surface area (Å²) >= 11 is 1.77. The number of nitrogens with one attached hydrogen (secondary N) is 2. The predicted molar refractivity (Wildman–Crippen MR) is 125 cm³/mol. The monoisotopic (exact) mass is 538 g/mol. The second-order valence-corrected chi connectivity index (χ2v) is 7.73. The number of aliphatic imine (C=N–C) groups is 1. The number of anilines is 1. The zero-order chi connectivity index (χ0) is 20.0. The molecule has 2 heterocycles. The largest absolute Gasteiger partial charge is 0.416 e. The van der Waals surface area contributed by atoms with Crippen LogP contribution in [0.4, 0.5) is 18.2 Å². The highest BCUT2D eigenvalue weighted by Gasteiger charge is 2.29. The number of halogens is 4. The zero-order valence-corrected chi connectivity index (χ0v) is 19.4. The van der Waals surface area contributed by atoms with Crippen molar-refractivity contribution in [2.45, 2.75) is 31.5 Å². The van der Waals surface area contributed by atoms with Gasteiger partial charge < -0.3 is 15.5 Å². The normalized spacial score (nSPS) is 15.7. The number of benzene rings is 1. The van der Waals surface area contributed by atoms with E-state index >= 15 is 0 Å². The average Bonchev–Trinajstić information content (AvgIpc) is 3.22.